The number of ether oxygens (including phenoxy) is 1. The summed E-state index contributed by atoms with van der Waals surface area (Å²) >= 11 is 0. The van der Waals surface area contributed by atoms with Gasteiger partial charge in [0.1, 0.15) is 11.4 Å². The summed E-state index contributed by atoms with van der Waals surface area (Å²) in [5.74, 6) is -1.78. The zero-order valence-corrected chi connectivity index (χ0v) is 18.0. The van der Waals surface area contributed by atoms with Gasteiger partial charge in [-0.1, -0.05) is 24.3 Å². The number of fused-ring (bicyclic) bond motifs is 1. The van der Waals surface area contributed by atoms with Crippen molar-refractivity contribution in [2.24, 2.45) is 0 Å². The largest absolute Gasteiger partial charge is 0.497 e. The molecule has 34 heavy (non-hydrogen) atoms. The van der Waals surface area contributed by atoms with Crippen LogP contribution >= 0.6 is 0 Å². The summed E-state index contributed by atoms with van der Waals surface area (Å²) in [6, 6.07) is 13.2. The Morgan fingerprint density at radius 2 is 1.79 bits per heavy atom. The van der Waals surface area contributed by atoms with E-state index in [2.05, 4.69) is 5.10 Å². The maximum atomic E-state index is 13.7. The van der Waals surface area contributed by atoms with Crippen molar-refractivity contribution in [2.75, 3.05) is 18.6 Å². The lowest BCUT2D eigenvalue weighted by molar-refractivity contribution is -0.142. The van der Waals surface area contributed by atoms with E-state index < -0.39 is 35.1 Å². The van der Waals surface area contributed by atoms with E-state index in [1.807, 2.05) is 5.10 Å². The molecule has 0 spiro atoms. The fraction of sp³-hybridized carbons (Fsp3) is 0.292. The predicted octanol–water partition coefficient (Wildman–Crippen LogP) is 4.35. The van der Waals surface area contributed by atoms with Crippen molar-refractivity contribution in [3.05, 3.63) is 76.6 Å². The lowest BCUT2D eigenvalue weighted by Crippen LogP contribution is -2.41. The Hall–Kier alpha value is -3.82. The predicted molar refractivity (Wildman–Crippen MR) is 115 cm³/mol. The second kappa shape index (κ2) is 7.61. The molecular weight excluding hydrogens is 451 g/mol. The number of H-pyrrole nitrogens is 1. The highest BCUT2D eigenvalue weighted by atomic mass is 19.4. The molecule has 1 amide bonds. The van der Waals surface area contributed by atoms with E-state index in [4.69, 9.17) is 4.74 Å². The van der Waals surface area contributed by atoms with Crippen LogP contribution in [0.4, 0.5) is 18.9 Å². The monoisotopic (exact) mass is 471 g/mol. The first-order valence-electron chi connectivity index (χ1n) is 10.6. The van der Waals surface area contributed by atoms with Crippen LogP contribution in [0.25, 0.3) is 0 Å². The lowest BCUT2D eigenvalue weighted by Gasteiger charge is -2.33. The number of aromatic nitrogens is 2. The molecular formula is C24H20F3N3O4. The second-order valence-electron chi connectivity index (χ2n) is 8.53. The van der Waals surface area contributed by atoms with Crippen molar-refractivity contribution < 1.29 is 32.6 Å². The van der Waals surface area contributed by atoms with Gasteiger partial charge >= 0.3 is 12.1 Å². The summed E-state index contributed by atoms with van der Waals surface area (Å²) in [4.78, 5) is 26.2. The molecule has 2 heterocycles. The molecule has 2 aliphatic rings. The SMILES string of the molecule is COc1ccc(C2CN(c3ccc(C4(C(=O)O)CC4)cc3)C(=O)c3n[nH]c(C(F)(F)F)c32)cc1. The average Bonchev–Trinajstić information content (AvgIpc) is 3.51. The minimum Gasteiger partial charge on any atom is -0.497 e. The summed E-state index contributed by atoms with van der Waals surface area (Å²) in [7, 11) is 1.49. The van der Waals surface area contributed by atoms with E-state index in [9.17, 15) is 27.9 Å². The van der Waals surface area contributed by atoms with Gasteiger partial charge in [-0.05, 0) is 48.2 Å². The Morgan fingerprint density at radius 1 is 1.15 bits per heavy atom. The molecule has 5 rings (SSSR count). The Balaban J connectivity index is 1.56. The van der Waals surface area contributed by atoms with Crippen LogP contribution in [0.1, 0.15) is 51.6 Å². The first-order chi connectivity index (χ1) is 16.2. The number of anilines is 1. The van der Waals surface area contributed by atoms with Crippen LogP contribution in [0.5, 0.6) is 5.75 Å². The number of methoxy groups -OCH3 is 1. The maximum Gasteiger partial charge on any atom is 0.433 e. The smallest absolute Gasteiger partial charge is 0.433 e. The zero-order valence-electron chi connectivity index (χ0n) is 18.0. The highest BCUT2D eigenvalue weighted by molar-refractivity contribution is 6.07. The summed E-state index contributed by atoms with van der Waals surface area (Å²) < 4.78 is 46.3. The number of hydrogen-bond acceptors (Lipinski definition) is 4. The summed E-state index contributed by atoms with van der Waals surface area (Å²) in [5.41, 5.74) is -0.733. The van der Waals surface area contributed by atoms with E-state index in [0.717, 1.165) is 0 Å². The van der Waals surface area contributed by atoms with Gasteiger partial charge in [0.2, 0.25) is 0 Å². The van der Waals surface area contributed by atoms with E-state index >= 15 is 0 Å². The molecule has 2 N–H and O–H groups in total. The van der Waals surface area contributed by atoms with E-state index in [0.29, 0.717) is 35.4 Å². The molecule has 10 heteroatoms. The fourth-order valence-electron chi connectivity index (χ4n) is 4.60. The number of rotatable bonds is 5. The number of hydrogen-bond donors (Lipinski definition) is 2. The van der Waals surface area contributed by atoms with Crippen molar-refractivity contribution in [3.63, 3.8) is 0 Å². The van der Waals surface area contributed by atoms with Gasteiger partial charge in [0.05, 0.1) is 12.5 Å². The van der Waals surface area contributed by atoms with E-state index in [-0.39, 0.29) is 17.8 Å². The third kappa shape index (κ3) is 3.41. The number of carboxylic acids is 1. The van der Waals surface area contributed by atoms with Crippen molar-refractivity contribution in [1.82, 2.24) is 10.2 Å². The Labute approximate surface area is 192 Å². The van der Waals surface area contributed by atoms with Crippen LogP contribution in [-0.2, 0) is 16.4 Å². The fourth-order valence-corrected chi connectivity index (χ4v) is 4.60. The molecule has 0 saturated heterocycles. The Kier molecular flexibility index (Phi) is 4.92. The number of aromatic amines is 1. The molecule has 1 atom stereocenters. The van der Waals surface area contributed by atoms with Crippen LogP contribution in [0, 0.1) is 0 Å². The summed E-state index contributed by atoms with van der Waals surface area (Å²) in [6.45, 7) is -0.0375. The molecule has 0 radical (unpaired) electrons. The van der Waals surface area contributed by atoms with Crippen LogP contribution in [0.3, 0.4) is 0 Å². The van der Waals surface area contributed by atoms with Gasteiger partial charge < -0.3 is 14.7 Å². The van der Waals surface area contributed by atoms with Gasteiger partial charge in [-0.2, -0.15) is 18.3 Å². The van der Waals surface area contributed by atoms with Gasteiger partial charge in [-0.25, -0.2) is 0 Å². The number of alkyl halides is 3. The quantitative estimate of drug-likeness (QED) is 0.577. The Bertz CT molecular complexity index is 1260. The molecule has 1 aliphatic carbocycles. The van der Waals surface area contributed by atoms with Gasteiger partial charge in [-0.15, -0.1) is 0 Å². The minimum atomic E-state index is -4.70. The molecule has 1 aromatic heterocycles. The van der Waals surface area contributed by atoms with Crippen molar-refractivity contribution in [3.8, 4) is 5.75 Å². The minimum absolute atomic E-state index is 0.0375. The zero-order chi connectivity index (χ0) is 24.3. The van der Waals surface area contributed by atoms with Crippen molar-refractivity contribution in [1.29, 1.82) is 0 Å². The number of nitrogens with one attached hydrogen (secondary N) is 1. The first kappa shape index (κ1) is 22.0. The van der Waals surface area contributed by atoms with Gasteiger partial charge in [0, 0.05) is 23.7 Å². The number of aliphatic carboxylic acids is 1. The molecule has 1 saturated carbocycles. The molecule has 2 aromatic carbocycles. The number of benzene rings is 2. The Morgan fingerprint density at radius 3 is 2.32 bits per heavy atom. The first-order valence-corrected chi connectivity index (χ1v) is 10.6. The number of halogens is 3. The van der Waals surface area contributed by atoms with Gasteiger partial charge in [-0.3, -0.25) is 14.7 Å². The molecule has 1 fully saturated rings. The highest BCUT2D eigenvalue weighted by Gasteiger charge is 2.52. The molecule has 7 nitrogen and oxygen atoms in total. The number of carbonyl (C=O) groups excluding carboxylic acids is 1. The average molecular weight is 471 g/mol. The molecule has 0 bridgehead atoms. The van der Waals surface area contributed by atoms with Crippen LogP contribution in [0.2, 0.25) is 0 Å². The van der Waals surface area contributed by atoms with Crippen molar-refractivity contribution >= 4 is 17.6 Å². The summed E-state index contributed by atoms with van der Waals surface area (Å²) in [6.07, 6.45) is -3.62. The maximum absolute atomic E-state index is 13.7. The topological polar surface area (TPSA) is 95.5 Å². The van der Waals surface area contributed by atoms with E-state index in [1.165, 1.54) is 12.0 Å². The number of carboxylic acid groups (broad SMARTS) is 1. The number of nitrogens with zero attached hydrogens (tertiary/aromatic N) is 2. The molecule has 3 aromatic rings. The van der Waals surface area contributed by atoms with Gasteiger partial charge in [0.15, 0.2) is 5.69 Å². The second-order valence-corrected chi connectivity index (χ2v) is 8.53. The van der Waals surface area contributed by atoms with Crippen LogP contribution in [-0.4, -0.2) is 40.8 Å². The highest BCUT2D eigenvalue weighted by Crippen LogP contribution is 2.49. The molecule has 176 valence electrons. The van der Waals surface area contributed by atoms with Crippen LogP contribution < -0.4 is 9.64 Å². The normalized spacial score (nSPS) is 19.0. The third-order valence-electron chi connectivity index (χ3n) is 6.66. The van der Waals surface area contributed by atoms with E-state index in [1.54, 1.807) is 48.5 Å². The standard InChI is InChI=1S/C24H20F3N3O4/c1-34-16-8-2-13(3-9-16)17-12-30(21(31)19-18(17)20(29-28-19)24(25,26)27)15-6-4-14(5-7-15)23(10-11-23)22(32)33/h2-9,17H,10-12H2,1H3,(H,28,29)(H,32,33). The number of carbonyl (C=O) groups is 2. The molecule has 1 unspecified atom stereocenters. The summed E-state index contributed by atoms with van der Waals surface area (Å²) in [5, 5.41) is 15.3. The van der Waals surface area contributed by atoms with Crippen molar-refractivity contribution in [2.45, 2.75) is 30.4 Å². The third-order valence-corrected chi connectivity index (χ3v) is 6.66. The van der Waals surface area contributed by atoms with Gasteiger partial charge in [0.25, 0.3) is 5.91 Å². The lowest BCUT2D eigenvalue weighted by atomic mass is 9.85. The number of amides is 1. The van der Waals surface area contributed by atoms with Crippen LogP contribution in [0.15, 0.2) is 48.5 Å². The molecule has 1 aliphatic heterocycles.